The number of benzene rings is 2. The molecule has 0 unspecified atom stereocenters. The van der Waals surface area contributed by atoms with Crippen LogP contribution in [-0.4, -0.2) is 25.9 Å². The fraction of sp³-hybridized carbons (Fsp3) is 0.235. The monoisotopic (exact) mass is 414 g/mol. The van der Waals surface area contributed by atoms with Crippen molar-refractivity contribution in [3.05, 3.63) is 53.1 Å². The average molecular weight is 415 g/mol. The Bertz CT molecular complexity index is 888. The van der Waals surface area contributed by atoms with Crippen molar-refractivity contribution < 1.29 is 17.3 Å². The van der Waals surface area contributed by atoms with E-state index in [1.807, 2.05) is 6.92 Å². The Hall–Kier alpha value is -1.90. The normalized spacial score (nSPS) is 11.2. The predicted molar refractivity (Wildman–Crippen MR) is 105 cm³/mol. The maximum Gasteiger partial charge on any atom is 0.340 e. The number of hydrogen-bond acceptors (Lipinski definition) is 6. The molecule has 2 rings (SSSR count). The van der Waals surface area contributed by atoms with Gasteiger partial charge in [-0.2, -0.15) is 8.42 Å². The van der Waals surface area contributed by atoms with Crippen LogP contribution in [0.1, 0.15) is 12.0 Å². The van der Waals surface area contributed by atoms with Crippen LogP contribution in [0.15, 0.2) is 47.4 Å². The Morgan fingerprint density at radius 3 is 2.62 bits per heavy atom. The fourth-order valence-electron chi connectivity index (χ4n) is 2.10. The molecule has 0 saturated heterocycles. The molecule has 0 aliphatic carbocycles. The van der Waals surface area contributed by atoms with E-state index in [1.165, 1.54) is 30.0 Å². The summed E-state index contributed by atoms with van der Waals surface area (Å²) in [6, 6.07) is 11.0. The van der Waals surface area contributed by atoms with Crippen LogP contribution in [0.3, 0.4) is 0 Å². The maximum absolute atomic E-state index is 12.4. The summed E-state index contributed by atoms with van der Waals surface area (Å²) in [5.74, 6) is 1.32. The molecule has 3 N–H and O–H groups in total. The number of hydrogen-bond donors (Lipinski definition) is 2. The molecule has 0 saturated carbocycles. The van der Waals surface area contributed by atoms with E-state index in [2.05, 4.69) is 0 Å². The lowest BCUT2D eigenvalue weighted by Crippen LogP contribution is -2.10. The van der Waals surface area contributed by atoms with Crippen LogP contribution in [0.5, 0.6) is 11.5 Å². The number of nitrogens with one attached hydrogen (secondary N) is 1. The Balaban J connectivity index is 2.07. The summed E-state index contributed by atoms with van der Waals surface area (Å²) >= 11 is 7.19. The summed E-state index contributed by atoms with van der Waals surface area (Å²) in [6.07, 6.45) is 0.701. The van der Waals surface area contributed by atoms with Crippen LogP contribution in [0, 0.1) is 12.3 Å². The third kappa shape index (κ3) is 6.12. The number of amidine groups is 1. The summed E-state index contributed by atoms with van der Waals surface area (Å²) in [4.78, 5) is -0.0908. The average Bonchev–Trinajstić information content (AvgIpc) is 2.53. The van der Waals surface area contributed by atoms with Gasteiger partial charge in [0.1, 0.15) is 16.4 Å². The summed E-state index contributed by atoms with van der Waals surface area (Å²) in [6.45, 7) is 2.23. The van der Waals surface area contributed by atoms with Crippen LogP contribution >= 0.6 is 23.4 Å². The van der Waals surface area contributed by atoms with Gasteiger partial charge in [0.15, 0.2) is 5.17 Å². The van der Waals surface area contributed by atoms with E-state index in [4.69, 9.17) is 31.7 Å². The van der Waals surface area contributed by atoms with E-state index in [0.717, 1.165) is 5.56 Å². The minimum atomic E-state index is -4.04. The standard InChI is InChI=1S/C17H19ClN2O4S2/c1-12-9-13(23-7-4-8-25-17(19)20)11-14(10-12)24-26(21,22)16-6-3-2-5-15(16)18/h2-3,5-6,9-11H,4,7-8H2,1H3,(H3,19,20). The molecule has 9 heteroatoms. The lowest BCUT2D eigenvalue weighted by Gasteiger charge is -2.12. The highest BCUT2D eigenvalue weighted by Gasteiger charge is 2.20. The third-order valence-electron chi connectivity index (χ3n) is 3.15. The van der Waals surface area contributed by atoms with Crippen molar-refractivity contribution in [3.63, 3.8) is 0 Å². The Labute approximate surface area is 162 Å². The number of aryl methyl sites for hydroxylation is 1. The Morgan fingerprint density at radius 2 is 1.92 bits per heavy atom. The zero-order valence-electron chi connectivity index (χ0n) is 14.1. The van der Waals surface area contributed by atoms with Crippen LogP contribution < -0.4 is 14.7 Å². The topological polar surface area (TPSA) is 102 Å². The number of nitrogens with two attached hydrogens (primary N) is 1. The summed E-state index contributed by atoms with van der Waals surface area (Å²) in [5, 5.41) is 7.30. The van der Waals surface area contributed by atoms with E-state index in [1.54, 1.807) is 24.3 Å². The van der Waals surface area contributed by atoms with Gasteiger partial charge in [0.05, 0.1) is 11.6 Å². The predicted octanol–water partition coefficient (Wildman–Crippen LogP) is 3.81. The van der Waals surface area contributed by atoms with Gasteiger partial charge < -0.3 is 14.7 Å². The summed E-state index contributed by atoms with van der Waals surface area (Å²) < 4.78 is 35.7. The molecule has 0 aliphatic heterocycles. The van der Waals surface area contributed by atoms with Gasteiger partial charge in [-0.1, -0.05) is 35.5 Å². The number of thioether (sulfide) groups is 1. The SMILES string of the molecule is Cc1cc(OCCCSC(=N)N)cc(OS(=O)(=O)c2ccccc2Cl)c1. The summed E-state index contributed by atoms with van der Waals surface area (Å²) in [7, 11) is -4.04. The first-order chi connectivity index (χ1) is 12.3. The van der Waals surface area contributed by atoms with Crippen LogP contribution in [-0.2, 0) is 10.1 Å². The van der Waals surface area contributed by atoms with E-state index in [9.17, 15) is 8.42 Å². The molecule has 2 aromatic rings. The van der Waals surface area contributed by atoms with E-state index >= 15 is 0 Å². The van der Waals surface area contributed by atoms with Crippen molar-refractivity contribution in [2.45, 2.75) is 18.2 Å². The second-order valence-corrected chi connectivity index (χ2v) is 8.42. The van der Waals surface area contributed by atoms with Crippen LogP contribution in [0.25, 0.3) is 0 Å². The minimum Gasteiger partial charge on any atom is -0.493 e. The minimum absolute atomic E-state index is 0.0704. The van der Waals surface area contributed by atoms with Crippen molar-refractivity contribution in [1.82, 2.24) is 0 Å². The highest BCUT2D eigenvalue weighted by molar-refractivity contribution is 8.13. The highest BCUT2D eigenvalue weighted by Crippen LogP contribution is 2.28. The van der Waals surface area contributed by atoms with Gasteiger partial charge in [-0.05, 0) is 43.2 Å². The van der Waals surface area contributed by atoms with Crippen LogP contribution in [0.2, 0.25) is 5.02 Å². The van der Waals surface area contributed by atoms with Gasteiger partial charge in [0, 0.05) is 11.8 Å². The van der Waals surface area contributed by atoms with Gasteiger partial charge in [-0.3, -0.25) is 5.41 Å². The molecular formula is C17H19ClN2O4S2. The molecule has 0 amide bonds. The first-order valence-electron chi connectivity index (χ1n) is 7.68. The zero-order valence-corrected chi connectivity index (χ0v) is 16.5. The van der Waals surface area contributed by atoms with E-state index in [0.29, 0.717) is 24.5 Å². The van der Waals surface area contributed by atoms with Crippen molar-refractivity contribution >= 4 is 38.6 Å². The second kappa shape index (κ2) is 9.16. The van der Waals surface area contributed by atoms with Crippen molar-refractivity contribution in [2.75, 3.05) is 12.4 Å². The second-order valence-electron chi connectivity index (χ2n) is 5.36. The molecule has 0 radical (unpaired) electrons. The zero-order chi connectivity index (χ0) is 19.2. The summed E-state index contributed by atoms with van der Waals surface area (Å²) in [5.41, 5.74) is 6.06. The highest BCUT2D eigenvalue weighted by atomic mass is 35.5. The van der Waals surface area contributed by atoms with Crippen LogP contribution in [0.4, 0.5) is 0 Å². The molecule has 140 valence electrons. The molecule has 0 spiro atoms. The van der Waals surface area contributed by atoms with Gasteiger partial charge in [0.2, 0.25) is 0 Å². The van der Waals surface area contributed by atoms with Gasteiger partial charge in [-0.25, -0.2) is 0 Å². The number of halogens is 1. The van der Waals surface area contributed by atoms with E-state index < -0.39 is 10.1 Å². The Morgan fingerprint density at radius 1 is 1.23 bits per heavy atom. The molecule has 0 atom stereocenters. The fourth-order valence-corrected chi connectivity index (χ4v) is 3.99. The van der Waals surface area contributed by atoms with Gasteiger partial charge in [0.25, 0.3) is 0 Å². The molecule has 0 heterocycles. The first kappa shape index (κ1) is 20.4. The molecular weight excluding hydrogens is 396 g/mol. The molecule has 0 fully saturated rings. The lowest BCUT2D eigenvalue weighted by atomic mass is 10.2. The Kier molecular flexibility index (Phi) is 7.19. The third-order valence-corrected chi connectivity index (χ3v) is 5.70. The first-order valence-corrected chi connectivity index (χ1v) is 10.5. The number of ether oxygens (including phenoxy) is 1. The van der Waals surface area contributed by atoms with Gasteiger partial charge in [-0.15, -0.1) is 0 Å². The van der Waals surface area contributed by atoms with Crippen molar-refractivity contribution in [3.8, 4) is 11.5 Å². The van der Waals surface area contributed by atoms with Crippen molar-refractivity contribution in [1.29, 1.82) is 5.41 Å². The maximum atomic E-state index is 12.4. The smallest absolute Gasteiger partial charge is 0.340 e. The molecule has 26 heavy (non-hydrogen) atoms. The molecule has 6 nitrogen and oxygen atoms in total. The largest absolute Gasteiger partial charge is 0.493 e. The molecule has 2 aromatic carbocycles. The lowest BCUT2D eigenvalue weighted by molar-refractivity contribution is 0.317. The number of rotatable bonds is 8. The molecule has 0 aromatic heterocycles. The van der Waals surface area contributed by atoms with Gasteiger partial charge >= 0.3 is 10.1 Å². The van der Waals surface area contributed by atoms with Crippen molar-refractivity contribution in [2.24, 2.45) is 5.73 Å². The van der Waals surface area contributed by atoms with E-state index in [-0.39, 0.29) is 20.8 Å². The quantitative estimate of drug-likeness (QED) is 0.294. The molecule has 0 aliphatic rings. The molecule has 0 bridgehead atoms.